The Morgan fingerprint density at radius 2 is 2.42 bits per heavy atom. The molecule has 0 aromatic carbocycles. The summed E-state index contributed by atoms with van der Waals surface area (Å²) in [5, 5.41) is 0.677. The van der Waals surface area contributed by atoms with Crippen molar-refractivity contribution in [2.45, 2.75) is 0 Å². The van der Waals surface area contributed by atoms with Crippen molar-refractivity contribution in [3.05, 3.63) is 27.9 Å². The van der Waals surface area contributed by atoms with E-state index < -0.39 is 0 Å². The van der Waals surface area contributed by atoms with E-state index >= 15 is 0 Å². The quantitative estimate of drug-likeness (QED) is 0.618. The van der Waals surface area contributed by atoms with Crippen molar-refractivity contribution in [3.8, 4) is 0 Å². The Hall–Kier alpha value is -1.29. The van der Waals surface area contributed by atoms with Crippen LogP contribution in [0, 0.1) is 0 Å². The molecular weight excluding hydrogens is 178 g/mol. The summed E-state index contributed by atoms with van der Waals surface area (Å²) < 4.78 is 1.75. The lowest BCUT2D eigenvalue weighted by atomic mass is 10.4. The summed E-state index contributed by atoms with van der Waals surface area (Å²) in [6, 6.07) is 1.71. The van der Waals surface area contributed by atoms with Gasteiger partial charge in [0.15, 0.2) is 0 Å². The highest BCUT2D eigenvalue weighted by atomic mass is 35.5. The topological polar surface area (TPSA) is 50.7 Å². The number of hydrogen-bond donors (Lipinski definition) is 1. The molecular formula is C7H6ClN3O. The third kappa shape index (κ3) is 0.921. The lowest BCUT2D eigenvalue weighted by molar-refractivity contribution is 0.942. The number of aromatic amines is 1. The van der Waals surface area contributed by atoms with E-state index in [1.54, 1.807) is 16.8 Å². The van der Waals surface area contributed by atoms with Gasteiger partial charge in [-0.05, 0) is 17.7 Å². The molecule has 0 bridgehead atoms. The van der Waals surface area contributed by atoms with Crippen molar-refractivity contribution in [1.29, 1.82) is 0 Å². The predicted octanol–water partition coefficient (Wildman–Crippen LogP) is 0.915. The van der Waals surface area contributed by atoms with Gasteiger partial charge in [0.2, 0.25) is 5.28 Å². The van der Waals surface area contributed by atoms with Crippen LogP contribution in [0.3, 0.4) is 0 Å². The molecule has 0 amide bonds. The first-order valence-corrected chi connectivity index (χ1v) is 3.77. The van der Waals surface area contributed by atoms with Gasteiger partial charge in [-0.3, -0.25) is 9.78 Å². The Balaban J connectivity index is 3.03. The second-order valence-corrected chi connectivity index (χ2v) is 2.88. The highest BCUT2D eigenvalue weighted by Gasteiger charge is 2.04. The molecule has 0 unspecified atom stereocenters. The third-order valence-corrected chi connectivity index (χ3v) is 1.88. The number of aromatic nitrogens is 3. The number of nitrogens with zero attached hydrogens (tertiary/aromatic N) is 2. The number of hydrogen-bond acceptors (Lipinski definition) is 2. The number of aryl methyl sites for hydroxylation is 1. The Bertz CT molecular complexity index is 485. The second kappa shape index (κ2) is 2.35. The van der Waals surface area contributed by atoms with E-state index in [0.717, 1.165) is 0 Å². The number of rotatable bonds is 0. The van der Waals surface area contributed by atoms with Crippen LogP contribution in [0.5, 0.6) is 0 Å². The Kier molecular flexibility index (Phi) is 1.44. The van der Waals surface area contributed by atoms with E-state index in [1.807, 2.05) is 7.05 Å². The Morgan fingerprint density at radius 1 is 1.67 bits per heavy atom. The largest absolute Gasteiger partial charge is 0.335 e. The summed E-state index contributed by atoms with van der Waals surface area (Å²) in [7, 11) is 1.81. The maximum atomic E-state index is 11.2. The number of fused-ring (bicyclic) bond motifs is 1. The van der Waals surface area contributed by atoms with Gasteiger partial charge in [-0.2, -0.15) is 0 Å². The average molecular weight is 184 g/mol. The Labute approximate surface area is 72.8 Å². The van der Waals surface area contributed by atoms with Gasteiger partial charge in [-0.25, -0.2) is 4.98 Å². The second-order valence-electron chi connectivity index (χ2n) is 2.52. The third-order valence-electron chi connectivity index (χ3n) is 1.71. The first kappa shape index (κ1) is 7.36. The van der Waals surface area contributed by atoms with Crippen LogP contribution >= 0.6 is 11.6 Å². The molecule has 0 fully saturated rings. The minimum absolute atomic E-state index is 0.120. The maximum absolute atomic E-state index is 11.2. The minimum Gasteiger partial charge on any atom is -0.335 e. The molecule has 4 nitrogen and oxygen atoms in total. The summed E-state index contributed by atoms with van der Waals surface area (Å²) in [5.74, 6) is 0. The van der Waals surface area contributed by atoms with Crippen molar-refractivity contribution in [2.75, 3.05) is 0 Å². The molecule has 0 aliphatic rings. The number of halogens is 1. The average Bonchev–Trinajstić information content (AvgIpc) is 2.33. The summed E-state index contributed by atoms with van der Waals surface area (Å²) in [4.78, 5) is 17.6. The van der Waals surface area contributed by atoms with Crippen LogP contribution in [0.25, 0.3) is 11.0 Å². The lowest BCUT2D eigenvalue weighted by Gasteiger charge is -1.94. The van der Waals surface area contributed by atoms with E-state index in [2.05, 4.69) is 9.97 Å². The van der Waals surface area contributed by atoms with Crippen LogP contribution in [-0.4, -0.2) is 14.5 Å². The zero-order valence-electron chi connectivity index (χ0n) is 6.34. The fraction of sp³-hybridized carbons (Fsp3) is 0.143. The number of H-pyrrole nitrogens is 1. The molecule has 2 aromatic rings. The van der Waals surface area contributed by atoms with Crippen molar-refractivity contribution in [1.82, 2.24) is 14.5 Å². The zero-order chi connectivity index (χ0) is 8.72. The van der Waals surface area contributed by atoms with Crippen LogP contribution < -0.4 is 5.56 Å². The van der Waals surface area contributed by atoms with Gasteiger partial charge < -0.3 is 4.57 Å². The first-order valence-electron chi connectivity index (χ1n) is 3.39. The monoisotopic (exact) mass is 183 g/mol. The van der Waals surface area contributed by atoms with E-state index in [-0.39, 0.29) is 10.8 Å². The van der Waals surface area contributed by atoms with Crippen LogP contribution in [0.1, 0.15) is 0 Å². The molecule has 0 spiro atoms. The maximum Gasteiger partial charge on any atom is 0.261 e. The van der Waals surface area contributed by atoms with Crippen molar-refractivity contribution in [2.24, 2.45) is 7.05 Å². The highest BCUT2D eigenvalue weighted by molar-refractivity contribution is 6.28. The minimum atomic E-state index is -0.203. The van der Waals surface area contributed by atoms with Crippen molar-refractivity contribution < 1.29 is 0 Å². The summed E-state index contributed by atoms with van der Waals surface area (Å²) in [6.07, 6.45) is 1.77. The van der Waals surface area contributed by atoms with E-state index in [4.69, 9.17) is 11.6 Å². The van der Waals surface area contributed by atoms with Gasteiger partial charge in [0.05, 0.1) is 5.39 Å². The van der Waals surface area contributed by atoms with Crippen LogP contribution in [0.2, 0.25) is 5.28 Å². The van der Waals surface area contributed by atoms with Crippen LogP contribution in [0.4, 0.5) is 0 Å². The van der Waals surface area contributed by atoms with Crippen LogP contribution in [0.15, 0.2) is 17.1 Å². The fourth-order valence-corrected chi connectivity index (χ4v) is 1.29. The standard InChI is InChI=1S/C7H6ClN3O/c1-11-3-2-4-5(11)9-7(8)10-6(4)12/h2-3H,1H3,(H,9,10,12). The molecule has 62 valence electrons. The molecule has 0 aliphatic carbocycles. The van der Waals surface area contributed by atoms with E-state index in [0.29, 0.717) is 11.0 Å². The molecule has 12 heavy (non-hydrogen) atoms. The SMILES string of the molecule is Cn1ccc2c(=O)[nH]c(Cl)nc21. The van der Waals surface area contributed by atoms with Gasteiger partial charge in [0.25, 0.3) is 5.56 Å². The smallest absolute Gasteiger partial charge is 0.261 e. The molecule has 2 aromatic heterocycles. The normalized spacial score (nSPS) is 10.8. The van der Waals surface area contributed by atoms with Gasteiger partial charge in [0, 0.05) is 13.2 Å². The molecule has 2 heterocycles. The lowest BCUT2D eigenvalue weighted by Crippen LogP contribution is -2.07. The summed E-state index contributed by atoms with van der Waals surface area (Å²) in [5.41, 5.74) is 0.398. The number of nitrogens with one attached hydrogen (secondary N) is 1. The van der Waals surface area contributed by atoms with E-state index in [1.165, 1.54) is 0 Å². The van der Waals surface area contributed by atoms with Gasteiger partial charge in [-0.15, -0.1) is 0 Å². The van der Waals surface area contributed by atoms with Crippen molar-refractivity contribution >= 4 is 22.6 Å². The molecule has 0 saturated heterocycles. The molecule has 0 aliphatic heterocycles. The van der Waals surface area contributed by atoms with Gasteiger partial charge in [0.1, 0.15) is 5.65 Å². The zero-order valence-corrected chi connectivity index (χ0v) is 7.09. The molecule has 0 saturated carbocycles. The molecule has 2 rings (SSSR count). The highest BCUT2D eigenvalue weighted by Crippen LogP contribution is 2.08. The molecule has 1 N–H and O–H groups in total. The Morgan fingerprint density at radius 3 is 3.17 bits per heavy atom. The predicted molar refractivity (Wildman–Crippen MR) is 46.3 cm³/mol. The summed E-state index contributed by atoms with van der Waals surface area (Å²) in [6.45, 7) is 0. The molecule has 0 radical (unpaired) electrons. The molecule has 0 atom stereocenters. The van der Waals surface area contributed by atoms with E-state index in [9.17, 15) is 4.79 Å². The molecule has 5 heteroatoms. The first-order chi connectivity index (χ1) is 5.68. The fourth-order valence-electron chi connectivity index (χ4n) is 1.12. The van der Waals surface area contributed by atoms with Gasteiger partial charge >= 0.3 is 0 Å². The summed E-state index contributed by atoms with van der Waals surface area (Å²) >= 11 is 5.57. The van der Waals surface area contributed by atoms with Gasteiger partial charge in [-0.1, -0.05) is 0 Å². The van der Waals surface area contributed by atoms with Crippen LogP contribution in [-0.2, 0) is 7.05 Å². The van der Waals surface area contributed by atoms with Crippen molar-refractivity contribution in [3.63, 3.8) is 0 Å².